The Morgan fingerprint density at radius 2 is 1.52 bits per heavy atom. The van der Waals surface area contributed by atoms with E-state index >= 15 is 0 Å². The van der Waals surface area contributed by atoms with Gasteiger partial charge in [0, 0.05) is 27.9 Å². The van der Waals surface area contributed by atoms with Crippen molar-refractivity contribution in [1.29, 1.82) is 0 Å². The zero-order valence-corrected chi connectivity index (χ0v) is 18.9. The lowest BCUT2D eigenvalue weighted by molar-refractivity contribution is -0.306. The average Bonchev–Trinajstić information content (AvgIpc) is 3.07. The summed E-state index contributed by atoms with van der Waals surface area (Å²) in [7, 11) is 0. The molecule has 4 rings (SSSR count). The largest absolute Gasteiger partial charge is 0.550 e. The fourth-order valence-electron chi connectivity index (χ4n) is 4.09. The van der Waals surface area contributed by atoms with Gasteiger partial charge >= 0.3 is 6.09 Å². The molecule has 158 valence electrons. The van der Waals surface area contributed by atoms with Crippen LogP contribution in [0.1, 0.15) is 29.0 Å². The summed E-state index contributed by atoms with van der Waals surface area (Å²) in [5.74, 6) is -1.26. The van der Waals surface area contributed by atoms with Crippen LogP contribution < -0.4 is 10.4 Å². The van der Waals surface area contributed by atoms with E-state index < -0.39 is 18.1 Å². The summed E-state index contributed by atoms with van der Waals surface area (Å²) < 4.78 is 6.63. The van der Waals surface area contributed by atoms with Gasteiger partial charge in [0.2, 0.25) is 0 Å². The molecule has 1 aliphatic rings. The van der Waals surface area contributed by atoms with Crippen molar-refractivity contribution < 1.29 is 19.4 Å². The molecule has 0 heterocycles. The van der Waals surface area contributed by atoms with Gasteiger partial charge in [-0.05, 0) is 69.0 Å². The topological polar surface area (TPSA) is 78.5 Å². The summed E-state index contributed by atoms with van der Waals surface area (Å²) in [6.07, 6.45) is -0.524. The summed E-state index contributed by atoms with van der Waals surface area (Å²) in [6, 6.07) is 23.3. The highest BCUT2D eigenvalue weighted by Gasteiger charge is 2.29. The zero-order valence-electron chi connectivity index (χ0n) is 16.7. The summed E-state index contributed by atoms with van der Waals surface area (Å²) in [6.45, 7) is 0.182. The van der Waals surface area contributed by atoms with Crippen LogP contribution in [0.15, 0.2) is 72.8 Å². The van der Waals surface area contributed by atoms with Crippen LogP contribution >= 0.6 is 22.6 Å². The summed E-state index contributed by atoms with van der Waals surface area (Å²) >= 11 is 2.21. The summed E-state index contributed by atoms with van der Waals surface area (Å²) in [5.41, 5.74) is 5.50. The second-order valence-electron chi connectivity index (χ2n) is 7.57. The van der Waals surface area contributed by atoms with Crippen molar-refractivity contribution in [3.63, 3.8) is 0 Å². The summed E-state index contributed by atoms with van der Waals surface area (Å²) in [5, 5.41) is 13.9. The minimum absolute atomic E-state index is 0.0473. The van der Waals surface area contributed by atoms with Crippen LogP contribution in [0.4, 0.5) is 4.79 Å². The van der Waals surface area contributed by atoms with Crippen LogP contribution in [0, 0.1) is 3.57 Å². The predicted octanol–water partition coefficient (Wildman–Crippen LogP) is 3.88. The number of aliphatic carboxylic acids is 1. The number of carboxylic acid groups (broad SMARTS) is 1. The number of ether oxygens (including phenoxy) is 1. The number of halogens is 1. The van der Waals surface area contributed by atoms with Gasteiger partial charge in [0.1, 0.15) is 6.61 Å². The number of amides is 1. The van der Waals surface area contributed by atoms with Crippen molar-refractivity contribution in [2.45, 2.75) is 24.8 Å². The van der Waals surface area contributed by atoms with E-state index in [-0.39, 0.29) is 18.9 Å². The Balaban J connectivity index is 1.42. The number of hydrogen-bond acceptors (Lipinski definition) is 4. The van der Waals surface area contributed by atoms with E-state index in [9.17, 15) is 14.7 Å². The lowest BCUT2D eigenvalue weighted by atomic mass is 9.98. The quantitative estimate of drug-likeness (QED) is 0.475. The molecular weight excluding hydrogens is 505 g/mol. The number of alkyl carbamates (subject to hydrolysis) is 1. The van der Waals surface area contributed by atoms with Crippen molar-refractivity contribution in [3.8, 4) is 11.1 Å². The Kier molecular flexibility index (Phi) is 6.56. The molecule has 1 N–H and O–H groups in total. The molecule has 0 saturated carbocycles. The average molecular weight is 526 g/mol. The number of carboxylic acids is 1. The second-order valence-corrected chi connectivity index (χ2v) is 8.82. The van der Waals surface area contributed by atoms with E-state index in [1.807, 2.05) is 48.5 Å². The van der Waals surface area contributed by atoms with Crippen molar-refractivity contribution >= 4 is 34.7 Å². The molecular formula is C25H21INO4-. The minimum atomic E-state index is -1.21. The van der Waals surface area contributed by atoms with E-state index in [2.05, 4.69) is 52.2 Å². The summed E-state index contributed by atoms with van der Waals surface area (Å²) in [4.78, 5) is 23.7. The third-order valence-corrected chi connectivity index (χ3v) is 6.19. The molecule has 0 aromatic heterocycles. The maximum Gasteiger partial charge on any atom is 0.407 e. The van der Waals surface area contributed by atoms with E-state index in [0.717, 1.165) is 31.4 Å². The Hall–Kier alpha value is -2.87. The molecule has 1 aliphatic carbocycles. The molecule has 31 heavy (non-hydrogen) atoms. The lowest BCUT2D eigenvalue weighted by Crippen LogP contribution is -2.41. The van der Waals surface area contributed by atoms with Gasteiger partial charge in [0.05, 0.1) is 0 Å². The number of benzene rings is 3. The molecule has 0 radical (unpaired) electrons. The van der Waals surface area contributed by atoms with Gasteiger partial charge in [-0.1, -0.05) is 60.7 Å². The monoisotopic (exact) mass is 526 g/mol. The molecule has 5 nitrogen and oxygen atoms in total. The lowest BCUT2D eigenvalue weighted by Gasteiger charge is -2.20. The number of hydrogen-bond donors (Lipinski definition) is 1. The normalized spacial score (nSPS) is 13.2. The third kappa shape index (κ3) is 5.07. The van der Waals surface area contributed by atoms with Gasteiger partial charge in [0.15, 0.2) is 0 Å². The standard InChI is InChI=1S/C25H22INO4/c26-17-11-9-16(10-12-17)13-18(14-24(28)29)27-25(30)31-15-23-21-7-3-1-5-19(21)20-6-2-4-8-22(20)23/h1-12,18,23H,13-15H2,(H,27,30)(H,28,29)/p-1/t18-/m1/s1. The van der Waals surface area contributed by atoms with Crippen molar-refractivity contribution in [1.82, 2.24) is 5.32 Å². The van der Waals surface area contributed by atoms with E-state index in [4.69, 9.17) is 4.74 Å². The minimum Gasteiger partial charge on any atom is -0.550 e. The zero-order chi connectivity index (χ0) is 21.8. The maximum absolute atomic E-state index is 12.5. The first-order valence-corrected chi connectivity index (χ1v) is 11.1. The first kappa shape index (κ1) is 21.4. The number of carbonyl (C=O) groups excluding carboxylic acids is 2. The van der Waals surface area contributed by atoms with Gasteiger partial charge in [-0.25, -0.2) is 4.79 Å². The number of rotatable bonds is 7. The van der Waals surface area contributed by atoms with Gasteiger partial charge in [0.25, 0.3) is 0 Å². The maximum atomic E-state index is 12.5. The highest BCUT2D eigenvalue weighted by atomic mass is 127. The van der Waals surface area contributed by atoms with Crippen molar-refractivity contribution in [2.75, 3.05) is 6.61 Å². The van der Waals surface area contributed by atoms with Crippen LogP contribution in [-0.4, -0.2) is 24.7 Å². The van der Waals surface area contributed by atoms with E-state index in [1.54, 1.807) is 0 Å². The first-order chi connectivity index (χ1) is 15.0. The number of fused-ring (bicyclic) bond motifs is 3. The smallest absolute Gasteiger partial charge is 0.407 e. The molecule has 0 aliphatic heterocycles. The van der Waals surface area contributed by atoms with Crippen LogP contribution in [0.3, 0.4) is 0 Å². The highest BCUT2D eigenvalue weighted by Crippen LogP contribution is 2.44. The Labute approximate surface area is 194 Å². The number of carbonyl (C=O) groups is 2. The Morgan fingerprint density at radius 1 is 0.935 bits per heavy atom. The van der Waals surface area contributed by atoms with Crippen LogP contribution in [0.2, 0.25) is 0 Å². The molecule has 1 amide bonds. The van der Waals surface area contributed by atoms with Crippen LogP contribution in [-0.2, 0) is 16.0 Å². The number of nitrogens with one attached hydrogen (secondary N) is 1. The first-order valence-electron chi connectivity index (χ1n) is 10.1. The van der Waals surface area contributed by atoms with Crippen molar-refractivity contribution in [3.05, 3.63) is 93.1 Å². The molecule has 0 bridgehead atoms. The van der Waals surface area contributed by atoms with Gasteiger partial charge in [-0.15, -0.1) is 0 Å². The van der Waals surface area contributed by atoms with Gasteiger partial charge in [-0.2, -0.15) is 0 Å². The van der Waals surface area contributed by atoms with E-state index in [1.165, 1.54) is 0 Å². The SMILES string of the molecule is O=C([O-])C[C@@H](Cc1ccc(I)cc1)NC(=O)OCC1c2ccccc2-c2ccccc21. The highest BCUT2D eigenvalue weighted by molar-refractivity contribution is 14.1. The van der Waals surface area contributed by atoms with Gasteiger partial charge < -0.3 is 20.0 Å². The van der Waals surface area contributed by atoms with Crippen LogP contribution in [0.5, 0.6) is 0 Å². The fraction of sp³-hybridized carbons (Fsp3) is 0.200. The van der Waals surface area contributed by atoms with E-state index in [0.29, 0.717) is 6.42 Å². The predicted molar refractivity (Wildman–Crippen MR) is 124 cm³/mol. The fourth-order valence-corrected chi connectivity index (χ4v) is 4.45. The Bertz CT molecular complexity index is 1050. The molecule has 1 atom stereocenters. The molecule has 0 fully saturated rings. The van der Waals surface area contributed by atoms with Crippen molar-refractivity contribution in [2.24, 2.45) is 0 Å². The molecule has 0 spiro atoms. The third-order valence-electron chi connectivity index (χ3n) is 5.47. The molecule has 3 aromatic carbocycles. The van der Waals surface area contributed by atoms with Crippen LogP contribution in [0.25, 0.3) is 11.1 Å². The second kappa shape index (κ2) is 9.51. The molecule has 0 saturated heterocycles. The molecule has 6 heteroatoms. The molecule has 3 aromatic rings. The molecule has 0 unspecified atom stereocenters. The Morgan fingerprint density at radius 3 is 2.10 bits per heavy atom. The van der Waals surface area contributed by atoms with Gasteiger partial charge in [-0.3, -0.25) is 0 Å².